The average Bonchev–Trinajstić information content (AvgIpc) is 2.48. The lowest BCUT2D eigenvalue weighted by atomic mass is 9.80. The number of phenolic OH excluding ortho intramolecular Hbond substituents is 2. The molecule has 0 aliphatic heterocycles. The van der Waals surface area contributed by atoms with E-state index in [2.05, 4.69) is 0 Å². The van der Waals surface area contributed by atoms with Crippen LogP contribution in [0.5, 0.6) is 11.5 Å². The van der Waals surface area contributed by atoms with Crippen LogP contribution < -0.4 is 0 Å². The van der Waals surface area contributed by atoms with Crippen LogP contribution in [0.4, 0.5) is 0 Å². The highest BCUT2D eigenvalue weighted by Gasteiger charge is 2.24. The molecule has 2 saturated carbocycles. The summed E-state index contributed by atoms with van der Waals surface area (Å²) in [4.78, 5) is 0. The molecule has 2 heteroatoms. The van der Waals surface area contributed by atoms with Gasteiger partial charge < -0.3 is 10.2 Å². The second-order valence-corrected chi connectivity index (χ2v) is 6.64. The van der Waals surface area contributed by atoms with Gasteiger partial charge in [0, 0.05) is 5.56 Å². The summed E-state index contributed by atoms with van der Waals surface area (Å²) in [7, 11) is 0. The van der Waals surface area contributed by atoms with Crippen molar-refractivity contribution in [2.45, 2.75) is 76.0 Å². The van der Waals surface area contributed by atoms with Crippen LogP contribution in [0.1, 0.15) is 87.2 Å². The molecule has 2 fully saturated rings. The molecule has 2 aliphatic rings. The SMILES string of the molecule is Oc1cc(C2CCCCC2)cc(O)c1C1CCCCC1. The van der Waals surface area contributed by atoms with E-state index in [1.54, 1.807) is 0 Å². The Bertz CT molecular complexity index is 431. The largest absolute Gasteiger partial charge is 0.508 e. The van der Waals surface area contributed by atoms with Crippen LogP contribution in [0.25, 0.3) is 0 Å². The van der Waals surface area contributed by atoms with Gasteiger partial charge in [-0.05, 0) is 55.2 Å². The number of hydrogen-bond donors (Lipinski definition) is 2. The van der Waals surface area contributed by atoms with Crippen molar-refractivity contribution in [3.63, 3.8) is 0 Å². The number of aromatic hydroxyl groups is 2. The lowest BCUT2D eigenvalue weighted by Gasteiger charge is -2.26. The number of rotatable bonds is 2. The van der Waals surface area contributed by atoms with Crippen LogP contribution in [0, 0.1) is 0 Å². The Morgan fingerprint density at radius 2 is 1.10 bits per heavy atom. The molecule has 110 valence electrons. The molecule has 0 spiro atoms. The van der Waals surface area contributed by atoms with Gasteiger partial charge in [0.2, 0.25) is 0 Å². The van der Waals surface area contributed by atoms with Gasteiger partial charge >= 0.3 is 0 Å². The van der Waals surface area contributed by atoms with Crippen molar-refractivity contribution in [2.24, 2.45) is 0 Å². The maximum absolute atomic E-state index is 10.4. The molecule has 20 heavy (non-hydrogen) atoms. The molecular weight excluding hydrogens is 248 g/mol. The van der Waals surface area contributed by atoms with Crippen LogP contribution in [-0.4, -0.2) is 10.2 Å². The smallest absolute Gasteiger partial charge is 0.123 e. The zero-order valence-electron chi connectivity index (χ0n) is 12.3. The Labute approximate surface area is 121 Å². The maximum atomic E-state index is 10.4. The fourth-order valence-electron chi connectivity index (χ4n) is 4.13. The Kier molecular flexibility index (Phi) is 4.18. The van der Waals surface area contributed by atoms with Gasteiger partial charge in [-0.1, -0.05) is 38.5 Å². The quantitative estimate of drug-likeness (QED) is 0.778. The van der Waals surface area contributed by atoms with Crippen molar-refractivity contribution in [1.82, 2.24) is 0 Å². The van der Waals surface area contributed by atoms with Crippen molar-refractivity contribution >= 4 is 0 Å². The van der Waals surface area contributed by atoms with E-state index in [0.717, 1.165) is 24.0 Å². The van der Waals surface area contributed by atoms with Gasteiger partial charge in [0.15, 0.2) is 0 Å². The fraction of sp³-hybridized carbons (Fsp3) is 0.667. The van der Waals surface area contributed by atoms with Crippen LogP contribution in [0.15, 0.2) is 12.1 Å². The number of hydrogen-bond acceptors (Lipinski definition) is 2. The minimum absolute atomic E-state index is 0.331. The van der Waals surface area contributed by atoms with Gasteiger partial charge in [-0.2, -0.15) is 0 Å². The van der Waals surface area contributed by atoms with Crippen LogP contribution in [0.3, 0.4) is 0 Å². The summed E-state index contributed by atoms with van der Waals surface area (Å²) < 4.78 is 0. The second kappa shape index (κ2) is 6.07. The summed E-state index contributed by atoms with van der Waals surface area (Å²) in [6.45, 7) is 0. The Balaban J connectivity index is 1.85. The summed E-state index contributed by atoms with van der Waals surface area (Å²) in [5, 5.41) is 20.8. The molecule has 2 N–H and O–H groups in total. The summed E-state index contributed by atoms with van der Waals surface area (Å²) in [6.07, 6.45) is 12.2. The molecule has 0 radical (unpaired) electrons. The fourth-order valence-corrected chi connectivity index (χ4v) is 4.13. The van der Waals surface area contributed by atoms with Gasteiger partial charge in [0.1, 0.15) is 11.5 Å². The standard InChI is InChI=1S/C18H26O2/c19-16-11-15(13-7-3-1-4-8-13)12-17(20)18(16)14-9-5-2-6-10-14/h11-14,19-20H,1-10H2. The third kappa shape index (κ3) is 2.79. The zero-order valence-corrected chi connectivity index (χ0v) is 12.3. The molecule has 2 aliphatic carbocycles. The molecule has 0 bridgehead atoms. The first-order valence-corrected chi connectivity index (χ1v) is 8.31. The van der Waals surface area contributed by atoms with Gasteiger partial charge in [-0.3, -0.25) is 0 Å². The predicted molar refractivity (Wildman–Crippen MR) is 81.4 cm³/mol. The molecular formula is C18H26O2. The van der Waals surface area contributed by atoms with Crippen molar-refractivity contribution in [3.05, 3.63) is 23.3 Å². The summed E-state index contributed by atoms with van der Waals surface area (Å²) in [5.74, 6) is 1.54. The summed E-state index contributed by atoms with van der Waals surface area (Å²) in [5.41, 5.74) is 1.95. The Hall–Kier alpha value is -1.18. The highest BCUT2D eigenvalue weighted by atomic mass is 16.3. The van der Waals surface area contributed by atoms with Crippen LogP contribution in [-0.2, 0) is 0 Å². The molecule has 0 heterocycles. The van der Waals surface area contributed by atoms with Crippen molar-refractivity contribution in [3.8, 4) is 11.5 Å². The van der Waals surface area contributed by atoms with Crippen molar-refractivity contribution < 1.29 is 10.2 Å². The lowest BCUT2D eigenvalue weighted by Crippen LogP contribution is -2.08. The maximum Gasteiger partial charge on any atom is 0.123 e. The van der Waals surface area contributed by atoms with E-state index >= 15 is 0 Å². The molecule has 2 nitrogen and oxygen atoms in total. The molecule has 0 saturated heterocycles. The molecule has 0 aromatic heterocycles. The van der Waals surface area contributed by atoms with Crippen LogP contribution >= 0.6 is 0 Å². The summed E-state index contributed by atoms with van der Waals surface area (Å²) >= 11 is 0. The first-order chi connectivity index (χ1) is 9.75. The van der Waals surface area contributed by atoms with E-state index in [1.165, 1.54) is 51.4 Å². The first kappa shape index (κ1) is 13.8. The number of phenols is 2. The minimum atomic E-state index is 0.331. The van der Waals surface area contributed by atoms with E-state index in [4.69, 9.17) is 0 Å². The predicted octanol–water partition coefficient (Wildman–Crippen LogP) is 5.19. The van der Waals surface area contributed by atoms with E-state index in [9.17, 15) is 10.2 Å². The monoisotopic (exact) mass is 274 g/mol. The number of benzene rings is 1. The van der Waals surface area contributed by atoms with E-state index < -0.39 is 0 Å². The molecule has 1 aromatic carbocycles. The average molecular weight is 274 g/mol. The minimum Gasteiger partial charge on any atom is -0.508 e. The van der Waals surface area contributed by atoms with Gasteiger partial charge in [-0.15, -0.1) is 0 Å². The lowest BCUT2D eigenvalue weighted by molar-refractivity contribution is 0.385. The molecule has 0 unspecified atom stereocenters. The summed E-state index contributed by atoms with van der Waals surface area (Å²) in [6, 6.07) is 3.86. The van der Waals surface area contributed by atoms with Gasteiger partial charge in [0.05, 0.1) is 0 Å². The van der Waals surface area contributed by atoms with Crippen molar-refractivity contribution in [1.29, 1.82) is 0 Å². The van der Waals surface area contributed by atoms with E-state index in [1.807, 2.05) is 12.1 Å². The van der Waals surface area contributed by atoms with Crippen LogP contribution in [0.2, 0.25) is 0 Å². The molecule has 1 aromatic rings. The first-order valence-electron chi connectivity index (χ1n) is 8.31. The molecule has 3 rings (SSSR count). The molecule has 0 atom stereocenters. The third-order valence-electron chi connectivity index (χ3n) is 5.25. The normalized spacial score (nSPS) is 22.0. The third-order valence-corrected chi connectivity index (χ3v) is 5.25. The Morgan fingerprint density at radius 1 is 0.650 bits per heavy atom. The zero-order chi connectivity index (χ0) is 13.9. The second-order valence-electron chi connectivity index (χ2n) is 6.64. The topological polar surface area (TPSA) is 40.5 Å². The van der Waals surface area contributed by atoms with Crippen molar-refractivity contribution in [2.75, 3.05) is 0 Å². The Morgan fingerprint density at radius 3 is 1.60 bits per heavy atom. The molecule has 0 amide bonds. The van der Waals surface area contributed by atoms with Gasteiger partial charge in [-0.25, -0.2) is 0 Å². The highest BCUT2D eigenvalue weighted by Crippen LogP contribution is 2.44. The van der Waals surface area contributed by atoms with E-state index in [0.29, 0.717) is 23.3 Å². The van der Waals surface area contributed by atoms with E-state index in [-0.39, 0.29) is 0 Å². The van der Waals surface area contributed by atoms with Gasteiger partial charge in [0.25, 0.3) is 0 Å². The highest BCUT2D eigenvalue weighted by molar-refractivity contribution is 5.49.